The van der Waals surface area contributed by atoms with Gasteiger partial charge >= 0.3 is 18.1 Å². The first kappa shape index (κ1) is 20.2. The highest BCUT2D eigenvalue weighted by molar-refractivity contribution is 7.89. The molecule has 7 nitrogen and oxygen atoms in total. The maximum Gasteiger partial charge on any atom is 0.471 e. The number of alkyl halides is 3. The van der Waals surface area contributed by atoms with Gasteiger partial charge in [-0.05, 0) is 29.7 Å². The van der Waals surface area contributed by atoms with Crippen LogP contribution in [0.2, 0.25) is 0 Å². The van der Waals surface area contributed by atoms with Gasteiger partial charge in [0.25, 0.3) is 0 Å². The quantitative estimate of drug-likeness (QED) is 0.752. The molecule has 0 aliphatic carbocycles. The molecule has 0 fully saturated rings. The Kier molecular flexibility index (Phi) is 5.91. The fourth-order valence-electron chi connectivity index (χ4n) is 2.53. The maximum absolute atomic E-state index is 12.6. The van der Waals surface area contributed by atoms with Gasteiger partial charge < -0.3 is 9.64 Å². The van der Waals surface area contributed by atoms with Gasteiger partial charge in [0.1, 0.15) is 0 Å². The molecule has 2 rings (SSSR count). The molecule has 0 unspecified atom stereocenters. The van der Waals surface area contributed by atoms with E-state index in [-0.39, 0.29) is 37.4 Å². The molecule has 0 spiro atoms. The minimum Gasteiger partial charge on any atom is -0.469 e. The molecule has 1 heterocycles. The normalized spacial score (nSPS) is 14.7. The predicted molar refractivity (Wildman–Crippen MR) is 83.4 cm³/mol. The van der Waals surface area contributed by atoms with Crippen LogP contribution in [0.3, 0.4) is 0 Å². The van der Waals surface area contributed by atoms with Crippen LogP contribution in [-0.4, -0.2) is 51.6 Å². The number of carbonyl (C=O) groups excluding carboxylic acids is 2. The largest absolute Gasteiger partial charge is 0.471 e. The second-order valence-electron chi connectivity index (χ2n) is 5.63. The van der Waals surface area contributed by atoms with Gasteiger partial charge in [-0.3, -0.25) is 9.59 Å². The minimum atomic E-state index is -4.98. The van der Waals surface area contributed by atoms with Gasteiger partial charge in [0.2, 0.25) is 10.0 Å². The molecule has 0 atom stereocenters. The van der Waals surface area contributed by atoms with E-state index in [2.05, 4.69) is 9.46 Å². The van der Waals surface area contributed by atoms with Crippen molar-refractivity contribution in [2.24, 2.45) is 0 Å². The first-order valence-corrected chi connectivity index (χ1v) is 9.07. The summed E-state index contributed by atoms with van der Waals surface area (Å²) in [6.45, 7) is -0.585. The number of esters is 1. The summed E-state index contributed by atoms with van der Waals surface area (Å²) in [5.41, 5.74) is 1.02. The van der Waals surface area contributed by atoms with Crippen molar-refractivity contribution >= 4 is 21.9 Å². The molecular weight excluding hydrogens is 377 g/mol. The van der Waals surface area contributed by atoms with Crippen molar-refractivity contribution in [3.05, 3.63) is 29.3 Å². The summed E-state index contributed by atoms with van der Waals surface area (Å²) >= 11 is 0. The van der Waals surface area contributed by atoms with Crippen LogP contribution < -0.4 is 4.72 Å². The Morgan fingerprint density at radius 2 is 1.96 bits per heavy atom. The highest BCUT2D eigenvalue weighted by Gasteiger charge is 2.43. The molecule has 0 aromatic heterocycles. The van der Waals surface area contributed by atoms with Gasteiger partial charge in [-0.1, -0.05) is 6.07 Å². The van der Waals surface area contributed by atoms with E-state index < -0.39 is 28.1 Å². The molecule has 1 aliphatic heterocycles. The highest BCUT2D eigenvalue weighted by atomic mass is 32.2. The van der Waals surface area contributed by atoms with Crippen molar-refractivity contribution in [2.45, 2.75) is 30.5 Å². The smallest absolute Gasteiger partial charge is 0.469 e. The average Bonchev–Trinajstić information content (AvgIpc) is 2.58. The van der Waals surface area contributed by atoms with Crippen LogP contribution >= 0.6 is 0 Å². The van der Waals surface area contributed by atoms with Crippen molar-refractivity contribution in [3.63, 3.8) is 0 Å². The molecule has 0 saturated carbocycles. The van der Waals surface area contributed by atoms with Crippen molar-refractivity contribution in [3.8, 4) is 0 Å². The second kappa shape index (κ2) is 7.62. The molecule has 11 heteroatoms. The highest BCUT2D eigenvalue weighted by Crippen LogP contribution is 2.26. The Hall–Kier alpha value is -2.14. The molecule has 1 aromatic carbocycles. The fourth-order valence-corrected chi connectivity index (χ4v) is 3.61. The fraction of sp³-hybridized carbons (Fsp3) is 0.467. The van der Waals surface area contributed by atoms with E-state index in [1.165, 1.54) is 25.3 Å². The number of hydrogen-bond donors (Lipinski definition) is 1. The van der Waals surface area contributed by atoms with Crippen LogP contribution in [0, 0.1) is 0 Å². The SMILES string of the molecule is COC(=O)CCNS(=O)(=O)c1ccc2c(c1)CN(C(=O)C(F)(F)F)CC2. The van der Waals surface area contributed by atoms with E-state index in [1.54, 1.807) is 0 Å². The number of halogens is 3. The molecule has 0 saturated heterocycles. The Labute approximate surface area is 148 Å². The Morgan fingerprint density at radius 3 is 2.58 bits per heavy atom. The molecule has 1 N–H and O–H groups in total. The number of carbonyl (C=O) groups is 2. The van der Waals surface area contributed by atoms with E-state index >= 15 is 0 Å². The van der Waals surface area contributed by atoms with Crippen molar-refractivity contribution in [2.75, 3.05) is 20.2 Å². The monoisotopic (exact) mass is 394 g/mol. The molecule has 0 bridgehead atoms. The zero-order chi connectivity index (χ0) is 19.5. The Balaban J connectivity index is 2.15. The molecule has 144 valence electrons. The van der Waals surface area contributed by atoms with Gasteiger partial charge in [-0.2, -0.15) is 13.2 Å². The summed E-state index contributed by atoms with van der Waals surface area (Å²) in [6, 6.07) is 4.09. The lowest BCUT2D eigenvalue weighted by molar-refractivity contribution is -0.186. The molecule has 0 radical (unpaired) electrons. The van der Waals surface area contributed by atoms with E-state index in [0.717, 1.165) is 0 Å². The molecule has 1 aromatic rings. The van der Waals surface area contributed by atoms with Crippen LogP contribution in [-0.2, 0) is 37.3 Å². The number of nitrogens with one attached hydrogen (secondary N) is 1. The summed E-state index contributed by atoms with van der Waals surface area (Å²) in [5, 5.41) is 0. The molecule has 26 heavy (non-hydrogen) atoms. The third-order valence-corrected chi connectivity index (χ3v) is 5.34. The van der Waals surface area contributed by atoms with Gasteiger partial charge in [-0.15, -0.1) is 0 Å². The summed E-state index contributed by atoms with van der Waals surface area (Å²) < 4.78 is 68.8. The average molecular weight is 394 g/mol. The first-order chi connectivity index (χ1) is 12.0. The minimum absolute atomic E-state index is 0.0885. The van der Waals surface area contributed by atoms with Gasteiger partial charge in [0.15, 0.2) is 0 Å². The lowest BCUT2D eigenvalue weighted by Crippen LogP contribution is -2.43. The van der Waals surface area contributed by atoms with E-state index in [9.17, 15) is 31.2 Å². The number of sulfonamides is 1. The van der Waals surface area contributed by atoms with Crippen molar-refractivity contribution < 1.29 is 35.9 Å². The summed E-state index contributed by atoms with van der Waals surface area (Å²) in [5.74, 6) is -2.54. The number of methoxy groups -OCH3 is 1. The summed E-state index contributed by atoms with van der Waals surface area (Å²) in [4.78, 5) is 22.9. The number of hydrogen-bond acceptors (Lipinski definition) is 5. The first-order valence-electron chi connectivity index (χ1n) is 7.59. The predicted octanol–water partition coefficient (Wildman–Crippen LogP) is 0.975. The van der Waals surface area contributed by atoms with Gasteiger partial charge in [0.05, 0.1) is 18.4 Å². The Bertz CT molecular complexity index is 808. The lowest BCUT2D eigenvalue weighted by Gasteiger charge is -2.29. The van der Waals surface area contributed by atoms with Crippen molar-refractivity contribution in [1.29, 1.82) is 0 Å². The molecule has 1 aliphatic rings. The van der Waals surface area contributed by atoms with Crippen LogP contribution in [0.1, 0.15) is 17.5 Å². The zero-order valence-corrected chi connectivity index (χ0v) is 14.6. The molecule has 1 amide bonds. The van der Waals surface area contributed by atoms with Crippen LogP contribution in [0.15, 0.2) is 23.1 Å². The van der Waals surface area contributed by atoms with E-state index in [0.29, 0.717) is 16.0 Å². The van der Waals surface area contributed by atoms with Gasteiger partial charge in [0, 0.05) is 19.6 Å². The number of ether oxygens (including phenoxy) is 1. The summed E-state index contributed by atoms with van der Waals surface area (Å²) in [6.07, 6.45) is -4.93. The van der Waals surface area contributed by atoms with E-state index in [1.807, 2.05) is 0 Å². The topological polar surface area (TPSA) is 92.8 Å². The lowest BCUT2D eigenvalue weighted by atomic mass is 10.00. The van der Waals surface area contributed by atoms with Crippen LogP contribution in [0.4, 0.5) is 13.2 Å². The van der Waals surface area contributed by atoms with Gasteiger partial charge in [-0.25, -0.2) is 13.1 Å². The number of benzene rings is 1. The van der Waals surface area contributed by atoms with Crippen molar-refractivity contribution in [1.82, 2.24) is 9.62 Å². The third kappa shape index (κ3) is 4.73. The second-order valence-corrected chi connectivity index (χ2v) is 7.40. The number of amides is 1. The summed E-state index contributed by atoms with van der Waals surface area (Å²) in [7, 11) is -2.77. The number of rotatable bonds is 5. The Morgan fingerprint density at radius 1 is 1.27 bits per heavy atom. The molecular formula is C15H17F3N2O5S. The van der Waals surface area contributed by atoms with Crippen LogP contribution in [0.5, 0.6) is 0 Å². The standard InChI is InChI=1S/C15H17F3N2O5S/c1-25-13(21)4-6-19-26(23,24)12-3-2-10-5-7-20(9-11(10)8-12)14(22)15(16,17)18/h2-3,8,19H,4-7,9H2,1H3. The maximum atomic E-state index is 12.6. The zero-order valence-electron chi connectivity index (χ0n) is 13.8. The number of fused-ring (bicyclic) bond motifs is 1. The number of nitrogens with zero attached hydrogens (tertiary/aromatic N) is 1. The third-order valence-electron chi connectivity index (χ3n) is 3.88. The van der Waals surface area contributed by atoms with E-state index in [4.69, 9.17) is 0 Å². The van der Waals surface area contributed by atoms with Crippen LogP contribution in [0.25, 0.3) is 0 Å².